The van der Waals surface area contributed by atoms with Crippen molar-refractivity contribution in [3.8, 4) is 0 Å². The van der Waals surface area contributed by atoms with Crippen molar-refractivity contribution in [2.24, 2.45) is 0 Å². The molecule has 0 fully saturated rings. The van der Waals surface area contributed by atoms with E-state index in [0.717, 1.165) is 19.3 Å². The lowest BCUT2D eigenvalue weighted by atomic mass is 10.1. The van der Waals surface area contributed by atoms with Crippen LogP contribution in [0.3, 0.4) is 0 Å². The highest BCUT2D eigenvalue weighted by molar-refractivity contribution is 5.86. The predicted octanol–water partition coefficient (Wildman–Crippen LogP) is 3.71. The molecule has 0 aliphatic carbocycles. The van der Waals surface area contributed by atoms with Crippen molar-refractivity contribution in [2.75, 3.05) is 0 Å². The van der Waals surface area contributed by atoms with Crippen LogP contribution in [0.2, 0.25) is 0 Å². The Morgan fingerprint density at radius 3 is 2.53 bits per heavy atom. The summed E-state index contributed by atoms with van der Waals surface area (Å²) in [5.74, 6) is -0.856. The normalized spacial score (nSPS) is 11.9. The van der Waals surface area contributed by atoms with E-state index in [0.29, 0.717) is 5.57 Å². The maximum Gasteiger partial charge on any atom is 0.331 e. The molecule has 0 aromatic heterocycles. The average molecular weight is 208 g/mol. The number of allylic oxidation sites excluding steroid dienone is 4. The van der Waals surface area contributed by atoms with Crippen LogP contribution in [0.5, 0.6) is 0 Å². The average Bonchev–Trinajstić information content (AvgIpc) is 2.21. The van der Waals surface area contributed by atoms with E-state index in [4.69, 9.17) is 5.11 Å². The van der Waals surface area contributed by atoms with E-state index in [-0.39, 0.29) is 0 Å². The van der Waals surface area contributed by atoms with Gasteiger partial charge in [-0.2, -0.15) is 0 Å². The van der Waals surface area contributed by atoms with Crippen molar-refractivity contribution < 1.29 is 9.90 Å². The number of carbonyl (C=O) groups is 1. The molecule has 2 heteroatoms. The third-order valence-corrected chi connectivity index (χ3v) is 2.10. The number of hydrogen-bond acceptors (Lipinski definition) is 1. The van der Waals surface area contributed by atoms with Gasteiger partial charge in [0.2, 0.25) is 0 Å². The van der Waals surface area contributed by atoms with E-state index in [1.807, 2.05) is 18.2 Å². The first-order valence-corrected chi connectivity index (χ1v) is 5.36. The molecule has 0 atom stereocenters. The first-order valence-electron chi connectivity index (χ1n) is 5.36. The van der Waals surface area contributed by atoms with Gasteiger partial charge in [-0.3, -0.25) is 0 Å². The van der Waals surface area contributed by atoms with Crippen molar-refractivity contribution in [3.05, 3.63) is 36.5 Å². The zero-order valence-electron chi connectivity index (χ0n) is 9.41. The molecule has 84 valence electrons. The van der Waals surface area contributed by atoms with Gasteiger partial charge in [0, 0.05) is 5.57 Å². The molecule has 0 bridgehead atoms. The van der Waals surface area contributed by atoms with Gasteiger partial charge >= 0.3 is 5.97 Å². The van der Waals surface area contributed by atoms with Crippen LogP contribution in [0, 0.1) is 0 Å². The van der Waals surface area contributed by atoms with Gasteiger partial charge in [-0.1, -0.05) is 30.7 Å². The molecule has 0 aromatic carbocycles. The van der Waals surface area contributed by atoms with E-state index in [2.05, 4.69) is 6.58 Å². The quantitative estimate of drug-likeness (QED) is 0.286. The van der Waals surface area contributed by atoms with Crippen molar-refractivity contribution in [2.45, 2.75) is 39.0 Å². The van der Waals surface area contributed by atoms with Crippen LogP contribution < -0.4 is 0 Å². The van der Waals surface area contributed by atoms with E-state index in [1.165, 1.54) is 12.8 Å². The largest absolute Gasteiger partial charge is 0.478 e. The Labute approximate surface area is 92.0 Å². The minimum absolute atomic E-state index is 0.373. The molecule has 0 heterocycles. The summed E-state index contributed by atoms with van der Waals surface area (Å²) in [5.41, 5.74) is 0.373. The smallest absolute Gasteiger partial charge is 0.331 e. The molecular weight excluding hydrogens is 188 g/mol. The summed E-state index contributed by atoms with van der Waals surface area (Å²) in [4.78, 5) is 10.4. The van der Waals surface area contributed by atoms with Crippen LogP contribution in [0.15, 0.2) is 36.5 Å². The Hall–Kier alpha value is -1.31. The van der Waals surface area contributed by atoms with E-state index in [9.17, 15) is 4.79 Å². The minimum Gasteiger partial charge on any atom is -0.478 e. The highest BCUT2D eigenvalue weighted by Gasteiger charge is 1.95. The van der Waals surface area contributed by atoms with Crippen LogP contribution in [-0.4, -0.2) is 11.1 Å². The second-order valence-corrected chi connectivity index (χ2v) is 3.51. The van der Waals surface area contributed by atoms with E-state index < -0.39 is 5.97 Å². The Bertz CT molecular complexity index is 249. The third-order valence-electron chi connectivity index (χ3n) is 2.10. The second kappa shape index (κ2) is 9.25. The van der Waals surface area contributed by atoms with E-state index in [1.54, 1.807) is 13.0 Å². The molecule has 2 nitrogen and oxygen atoms in total. The molecule has 0 saturated carbocycles. The van der Waals surface area contributed by atoms with Crippen molar-refractivity contribution in [1.82, 2.24) is 0 Å². The Morgan fingerprint density at radius 1 is 1.27 bits per heavy atom. The summed E-state index contributed by atoms with van der Waals surface area (Å²) < 4.78 is 0. The molecule has 0 saturated heterocycles. The number of hydrogen-bond donors (Lipinski definition) is 1. The highest BCUT2D eigenvalue weighted by atomic mass is 16.4. The molecule has 0 aliphatic heterocycles. The number of unbranched alkanes of at least 4 members (excludes halogenated alkanes) is 4. The Morgan fingerprint density at radius 2 is 1.93 bits per heavy atom. The molecule has 0 amide bonds. The van der Waals surface area contributed by atoms with Gasteiger partial charge in [0.05, 0.1) is 0 Å². The molecule has 0 unspecified atom stereocenters. The van der Waals surface area contributed by atoms with Crippen LogP contribution in [0.1, 0.15) is 39.0 Å². The van der Waals surface area contributed by atoms with Crippen LogP contribution in [0.25, 0.3) is 0 Å². The zero-order valence-corrected chi connectivity index (χ0v) is 9.41. The molecule has 0 radical (unpaired) electrons. The minimum atomic E-state index is -0.856. The topological polar surface area (TPSA) is 37.3 Å². The fourth-order valence-electron chi connectivity index (χ4n) is 1.11. The van der Waals surface area contributed by atoms with Crippen LogP contribution in [-0.2, 0) is 4.79 Å². The van der Waals surface area contributed by atoms with Crippen LogP contribution in [0.4, 0.5) is 0 Å². The van der Waals surface area contributed by atoms with Crippen molar-refractivity contribution in [1.29, 1.82) is 0 Å². The molecular formula is C13H20O2. The Balaban J connectivity index is 3.51. The monoisotopic (exact) mass is 208 g/mol. The highest BCUT2D eigenvalue weighted by Crippen LogP contribution is 2.04. The van der Waals surface area contributed by atoms with Gasteiger partial charge in [-0.05, 0) is 32.6 Å². The first-order chi connectivity index (χ1) is 7.18. The molecule has 15 heavy (non-hydrogen) atoms. The molecule has 0 spiro atoms. The number of carboxylic acids is 1. The first kappa shape index (κ1) is 13.7. The van der Waals surface area contributed by atoms with Gasteiger partial charge in [0.15, 0.2) is 0 Å². The van der Waals surface area contributed by atoms with Gasteiger partial charge in [0.1, 0.15) is 0 Å². The van der Waals surface area contributed by atoms with Gasteiger partial charge < -0.3 is 5.11 Å². The molecule has 0 rings (SSSR count). The number of carboxylic acid groups (broad SMARTS) is 1. The summed E-state index contributed by atoms with van der Waals surface area (Å²) in [6.07, 6.45) is 13.1. The summed E-state index contributed by atoms with van der Waals surface area (Å²) in [7, 11) is 0. The van der Waals surface area contributed by atoms with Crippen molar-refractivity contribution in [3.63, 3.8) is 0 Å². The van der Waals surface area contributed by atoms with Crippen LogP contribution >= 0.6 is 0 Å². The predicted molar refractivity (Wildman–Crippen MR) is 63.8 cm³/mol. The maximum atomic E-state index is 10.4. The fraction of sp³-hybridized carbons (Fsp3) is 0.462. The second-order valence-electron chi connectivity index (χ2n) is 3.51. The fourth-order valence-corrected chi connectivity index (χ4v) is 1.11. The summed E-state index contributed by atoms with van der Waals surface area (Å²) in [5, 5.41) is 8.57. The van der Waals surface area contributed by atoms with Gasteiger partial charge in [-0.25, -0.2) is 4.79 Å². The third kappa shape index (κ3) is 9.01. The summed E-state index contributed by atoms with van der Waals surface area (Å²) in [6, 6.07) is 0. The lowest BCUT2D eigenvalue weighted by Gasteiger charge is -1.94. The standard InChI is InChI=1S/C13H20O2/c1-3-4-5-6-7-8-9-10-11-12(2)13(14)15/h3,9-11H,1,4-8H2,2H3,(H,14,15). The lowest BCUT2D eigenvalue weighted by Crippen LogP contribution is -1.94. The molecule has 0 aliphatic rings. The SMILES string of the molecule is C=CCCCCCC=CC=C(C)C(=O)O. The maximum absolute atomic E-state index is 10.4. The van der Waals surface area contributed by atoms with Crippen molar-refractivity contribution >= 4 is 5.97 Å². The Kier molecular flexibility index (Phi) is 8.44. The lowest BCUT2D eigenvalue weighted by molar-refractivity contribution is -0.132. The zero-order chi connectivity index (χ0) is 11.5. The van der Waals surface area contributed by atoms with Gasteiger partial charge in [0.25, 0.3) is 0 Å². The summed E-state index contributed by atoms with van der Waals surface area (Å²) in [6.45, 7) is 5.26. The van der Waals surface area contributed by atoms with E-state index >= 15 is 0 Å². The molecule has 1 N–H and O–H groups in total. The number of rotatable bonds is 8. The molecule has 0 aromatic rings. The number of aliphatic carboxylic acids is 1. The summed E-state index contributed by atoms with van der Waals surface area (Å²) >= 11 is 0. The van der Waals surface area contributed by atoms with Gasteiger partial charge in [-0.15, -0.1) is 6.58 Å².